The van der Waals surface area contributed by atoms with E-state index >= 15 is 0 Å². The first-order chi connectivity index (χ1) is 9.90. The van der Waals surface area contributed by atoms with Crippen LogP contribution in [0.4, 0.5) is 0 Å². The molecule has 1 aliphatic rings. The van der Waals surface area contributed by atoms with Crippen LogP contribution in [0.15, 0.2) is 24.3 Å². The van der Waals surface area contributed by atoms with Gasteiger partial charge in [-0.05, 0) is 31.5 Å². The number of piperidine rings is 1. The Hall–Kier alpha value is -1.10. The van der Waals surface area contributed by atoms with Crippen LogP contribution in [0.25, 0.3) is 0 Å². The van der Waals surface area contributed by atoms with E-state index in [-0.39, 0.29) is 0 Å². The quantitative estimate of drug-likeness (QED) is 0.831. The van der Waals surface area contributed by atoms with E-state index in [4.69, 9.17) is 16.3 Å². The van der Waals surface area contributed by atoms with E-state index in [1.165, 1.54) is 0 Å². The average molecular weight is 313 g/mol. The second-order valence-corrected chi connectivity index (χ2v) is 6.56. The number of rotatable bonds is 4. The summed E-state index contributed by atoms with van der Waals surface area (Å²) in [5.74, 6) is -0.283. The molecule has 4 nitrogen and oxygen atoms in total. The highest BCUT2D eigenvalue weighted by Crippen LogP contribution is 2.30. The van der Waals surface area contributed by atoms with Gasteiger partial charge in [0.15, 0.2) is 6.10 Å². The van der Waals surface area contributed by atoms with Crippen molar-refractivity contribution >= 4 is 17.6 Å². The number of esters is 1. The highest BCUT2D eigenvalue weighted by molar-refractivity contribution is 6.30. The van der Waals surface area contributed by atoms with Crippen LogP contribution < -0.4 is 5.32 Å². The minimum absolute atomic E-state index is 0.331. The second kappa shape index (κ2) is 6.77. The number of halogens is 1. The predicted molar refractivity (Wildman–Crippen MR) is 81.0 cm³/mol. The molecule has 0 radical (unpaired) electrons. The van der Waals surface area contributed by atoms with Crippen molar-refractivity contribution in [2.45, 2.75) is 38.4 Å². The van der Waals surface area contributed by atoms with Crippen molar-refractivity contribution in [3.05, 3.63) is 34.9 Å². The van der Waals surface area contributed by atoms with E-state index in [0.29, 0.717) is 16.5 Å². The first-order valence-electron chi connectivity index (χ1n) is 7.38. The van der Waals surface area contributed by atoms with E-state index < -0.39 is 17.7 Å². The van der Waals surface area contributed by atoms with Crippen molar-refractivity contribution in [3.63, 3.8) is 0 Å². The van der Waals surface area contributed by atoms with Gasteiger partial charge in [-0.25, -0.2) is 4.79 Å². The molecule has 1 atom stereocenters. The topological polar surface area (TPSA) is 63.1 Å². The van der Waals surface area contributed by atoms with E-state index in [1.54, 1.807) is 24.3 Å². The summed E-state index contributed by atoms with van der Waals surface area (Å²) in [5.41, 5.74) is -0.106. The van der Waals surface area contributed by atoms with Gasteiger partial charge in [-0.15, -0.1) is 0 Å². The molecule has 5 heteroatoms. The fraction of sp³-hybridized carbons (Fsp3) is 0.562. The molecule has 0 aromatic heterocycles. The molecule has 1 unspecified atom stereocenters. The van der Waals surface area contributed by atoms with Gasteiger partial charge in [-0.1, -0.05) is 23.7 Å². The zero-order valence-corrected chi connectivity index (χ0v) is 13.3. The van der Waals surface area contributed by atoms with Crippen molar-refractivity contribution < 1.29 is 20.0 Å². The molecule has 0 amide bonds. The lowest BCUT2D eigenvalue weighted by Gasteiger charge is -2.36. The largest absolute Gasteiger partial charge is 0.457 e. The Morgan fingerprint density at radius 3 is 2.71 bits per heavy atom. The minimum atomic E-state index is -1.29. The number of aliphatic hydroxyl groups excluding tert-OH is 1. The number of nitrogens with two attached hydrogens (primary N) is 1. The Kier molecular flexibility index (Phi) is 5.25. The van der Waals surface area contributed by atoms with E-state index in [9.17, 15) is 9.90 Å². The van der Waals surface area contributed by atoms with Crippen molar-refractivity contribution in [2.75, 3.05) is 13.1 Å². The number of ether oxygens (including phenoxy) is 1. The molecular weight excluding hydrogens is 290 g/mol. The number of aliphatic hydroxyl groups is 1. The van der Waals surface area contributed by atoms with Crippen LogP contribution >= 0.6 is 11.6 Å². The van der Waals surface area contributed by atoms with Crippen molar-refractivity contribution in [2.24, 2.45) is 5.92 Å². The van der Waals surface area contributed by atoms with Crippen LogP contribution in [-0.2, 0) is 9.53 Å². The Labute approximate surface area is 130 Å². The Bertz CT molecular complexity index is 498. The second-order valence-electron chi connectivity index (χ2n) is 6.12. The molecule has 1 fully saturated rings. The lowest BCUT2D eigenvalue weighted by atomic mass is 9.83. The third-order valence-corrected chi connectivity index (χ3v) is 4.41. The van der Waals surface area contributed by atoms with Gasteiger partial charge in [0.1, 0.15) is 5.60 Å². The van der Waals surface area contributed by atoms with Crippen LogP contribution in [0, 0.1) is 5.92 Å². The third kappa shape index (κ3) is 4.19. The van der Waals surface area contributed by atoms with E-state index in [1.807, 2.05) is 13.8 Å². The number of hydrogen-bond acceptors (Lipinski definition) is 3. The first kappa shape index (κ1) is 16.3. The fourth-order valence-corrected chi connectivity index (χ4v) is 3.03. The molecule has 0 saturated carbocycles. The molecule has 1 aromatic carbocycles. The van der Waals surface area contributed by atoms with E-state index in [0.717, 1.165) is 25.9 Å². The summed E-state index contributed by atoms with van der Waals surface area (Å²) in [4.78, 5) is 12.2. The number of benzene rings is 1. The SMILES string of the molecule is CC(C)(OC(=O)C(O)c1cccc(Cl)c1)C1CC[NH2+]CC1. The summed E-state index contributed by atoms with van der Waals surface area (Å²) >= 11 is 5.88. The zero-order valence-electron chi connectivity index (χ0n) is 12.5. The average Bonchev–Trinajstić information content (AvgIpc) is 2.47. The lowest BCUT2D eigenvalue weighted by molar-refractivity contribution is -0.665. The summed E-state index contributed by atoms with van der Waals surface area (Å²) in [6.07, 6.45) is 0.749. The number of hydrogen-bond donors (Lipinski definition) is 2. The van der Waals surface area contributed by atoms with Crippen LogP contribution in [0.2, 0.25) is 5.02 Å². The van der Waals surface area contributed by atoms with Gasteiger partial charge in [-0.3, -0.25) is 0 Å². The van der Waals surface area contributed by atoms with Gasteiger partial charge in [0.25, 0.3) is 0 Å². The third-order valence-electron chi connectivity index (χ3n) is 4.17. The highest BCUT2D eigenvalue weighted by Gasteiger charge is 2.37. The minimum Gasteiger partial charge on any atom is -0.457 e. The molecule has 2 rings (SSSR count). The van der Waals surface area contributed by atoms with Gasteiger partial charge < -0.3 is 15.2 Å². The molecule has 3 N–H and O–H groups in total. The molecule has 1 saturated heterocycles. The van der Waals surface area contributed by atoms with E-state index in [2.05, 4.69) is 5.32 Å². The summed E-state index contributed by atoms with van der Waals surface area (Å²) in [6.45, 7) is 5.96. The van der Waals surface area contributed by atoms with Gasteiger partial charge in [0, 0.05) is 23.8 Å². The lowest BCUT2D eigenvalue weighted by Crippen LogP contribution is -2.86. The summed E-state index contributed by atoms with van der Waals surface area (Å²) in [6, 6.07) is 6.65. The standard InChI is InChI=1S/C16H22ClNO3/c1-16(2,12-6-8-18-9-7-12)21-15(20)14(19)11-4-3-5-13(17)10-11/h3-5,10,12,14,18-19H,6-9H2,1-2H3/p+1. The van der Waals surface area contributed by atoms with Crippen molar-refractivity contribution in [1.82, 2.24) is 0 Å². The van der Waals surface area contributed by atoms with Gasteiger partial charge >= 0.3 is 5.97 Å². The Morgan fingerprint density at radius 1 is 1.43 bits per heavy atom. The molecular formula is C16H23ClNO3+. The van der Waals surface area contributed by atoms with Crippen molar-refractivity contribution in [3.8, 4) is 0 Å². The maximum Gasteiger partial charge on any atom is 0.340 e. The van der Waals surface area contributed by atoms with Crippen LogP contribution in [0.1, 0.15) is 38.4 Å². The Morgan fingerprint density at radius 2 is 2.10 bits per heavy atom. The van der Waals surface area contributed by atoms with Gasteiger partial charge in [0.05, 0.1) is 13.1 Å². The molecule has 1 aliphatic heterocycles. The smallest absolute Gasteiger partial charge is 0.340 e. The maximum absolute atomic E-state index is 12.2. The summed E-state index contributed by atoms with van der Waals surface area (Å²) in [5, 5.41) is 12.9. The molecule has 0 spiro atoms. The molecule has 0 aliphatic carbocycles. The van der Waals surface area contributed by atoms with Crippen molar-refractivity contribution in [1.29, 1.82) is 0 Å². The summed E-state index contributed by atoms with van der Waals surface area (Å²) in [7, 11) is 0. The monoisotopic (exact) mass is 312 g/mol. The number of carbonyl (C=O) groups is 1. The molecule has 21 heavy (non-hydrogen) atoms. The molecule has 1 aromatic rings. The molecule has 0 bridgehead atoms. The maximum atomic E-state index is 12.2. The number of carbonyl (C=O) groups excluding carboxylic acids is 1. The van der Waals surface area contributed by atoms with Crippen LogP contribution in [-0.4, -0.2) is 29.8 Å². The van der Waals surface area contributed by atoms with Gasteiger partial charge in [0.2, 0.25) is 0 Å². The molecule has 116 valence electrons. The Balaban J connectivity index is 2.02. The number of quaternary nitrogens is 1. The normalized spacial score (nSPS) is 18.3. The first-order valence-corrected chi connectivity index (χ1v) is 7.76. The fourth-order valence-electron chi connectivity index (χ4n) is 2.83. The van der Waals surface area contributed by atoms with Crippen LogP contribution in [0.5, 0.6) is 0 Å². The predicted octanol–water partition coefficient (Wildman–Crippen LogP) is 1.67. The molecule has 1 heterocycles. The van der Waals surface area contributed by atoms with Crippen LogP contribution in [0.3, 0.4) is 0 Å². The zero-order chi connectivity index (χ0) is 15.5. The summed E-state index contributed by atoms with van der Waals surface area (Å²) < 4.78 is 5.59. The highest BCUT2D eigenvalue weighted by atomic mass is 35.5. The van der Waals surface area contributed by atoms with Gasteiger partial charge in [-0.2, -0.15) is 0 Å².